The Labute approximate surface area is 113 Å². The van der Waals surface area contributed by atoms with Gasteiger partial charge in [0.1, 0.15) is 6.04 Å². The third kappa shape index (κ3) is 5.06. The maximum atomic E-state index is 12.0. The Morgan fingerprint density at radius 2 is 2.00 bits per heavy atom. The Kier molecular flexibility index (Phi) is 5.60. The van der Waals surface area contributed by atoms with Crippen LogP contribution in [0.4, 0.5) is 4.79 Å². The average Bonchev–Trinajstić information content (AvgIpc) is 2.49. The van der Waals surface area contributed by atoms with E-state index in [1.54, 1.807) is 4.90 Å². The van der Waals surface area contributed by atoms with Crippen LogP contribution in [0.1, 0.15) is 39.5 Å². The summed E-state index contributed by atoms with van der Waals surface area (Å²) in [7, 11) is 0. The van der Waals surface area contributed by atoms with Gasteiger partial charge in [0, 0.05) is 26.1 Å². The number of carboxylic acids is 1. The molecule has 2 amide bonds. The molecule has 1 saturated heterocycles. The van der Waals surface area contributed by atoms with Crippen LogP contribution in [0.3, 0.4) is 0 Å². The fourth-order valence-corrected chi connectivity index (χ4v) is 2.25. The third-order valence-corrected chi connectivity index (χ3v) is 3.64. The van der Waals surface area contributed by atoms with Crippen molar-refractivity contribution in [2.45, 2.75) is 45.6 Å². The molecular formula is C13H24N2O4. The molecule has 1 atom stereocenters. The summed E-state index contributed by atoms with van der Waals surface area (Å²) in [4.78, 5) is 24.6. The lowest BCUT2D eigenvalue weighted by Crippen LogP contribution is -2.48. The van der Waals surface area contributed by atoms with Crippen LogP contribution in [-0.4, -0.2) is 52.9 Å². The summed E-state index contributed by atoms with van der Waals surface area (Å²) in [6.45, 7) is 5.40. The largest absolute Gasteiger partial charge is 0.480 e. The second-order valence-corrected chi connectivity index (χ2v) is 5.86. The molecule has 6 nitrogen and oxygen atoms in total. The van der Waals surface area contributed by atoms with Gasteiger partial charge in [-0.2, -0.15) is 0 Å². The summed E-state index contributed by atoms with van der Waals surface area (Å²) < 4.78 is 0. The van der Waals surface area contributed by atoms with Gasteiger partial charge in [0.25, 0.3) is 0 Å². The average molecular weight is 272 g/mol. The van der Waals surface area contributed by atoms with E-state index in [1.807, 2.05) is 0 Å². The van der Waals surface area contributed by atoms with E-state index < -0.39 is 12.0 Å². The van der Waals surface area contributed by atoms with Crippen molar-refractivity contribution in [3.8, 4) is 0 Å². The summed E-state index contributed by atoms with van der Waals surface area (Å²) in [5, 5.41) is 20.2. The molecule has 0 aliphatic carbocycles. The normalized spacial score (nSPS) is 20.5. The molecule has 0 spiro atoms. The zero-order chi connectivity index (χ0) is 14.5. The number of nitrogens with zero attached hydrogens (tertiary/aromatic N) is 1. The number of amides is 2. The monoisotopic (exact) mass is 272 g/mol. The molecule has 1 fully saturated rings. The van der Waals surface area contributed by atoms with E-state index >= 15 is 0 Å². The van der Waals surface area contributed by atoms with E-state index in [1.165, 1.54) is 0 Å². The number of likely N-dealkylation sites (tertiary alicyclic amines) is 1. The van der Waals surface area contributed by atoms with Gasteiger partial charge in [-0.05, 0) is 24.7 Å². The number of aliphatic hydroxyl groups excluding tert-OH is 1. The first-order valence-corrected chi connectivity index (χ1v) is 6.75. The van der Waals surface area contributed by atoms with Gasteiger partial charge in [-0.15, -0.1) is 0 Å². The molecule has 0 bridgehead atoms. The van der Waals surface area contributed by atoms with Crippen LogP contribution in [0.25, 0.3) is 0 Å². The molecule has 0 saturated carbocycles. The SMILES string of the molecule is CC1(C)CCCN(C(=O)N[C@@H](CCO)C(=O)O)CC1. The lowest BCUT2D eigenvalue weighted by molar-refractivity contribution is -0.139. The van der Waals surface area contributed by atoms with Gasteiger partial charge >= 0.3 is 12.0 Å². The number of hydrogen-bond acceptors (Lipinski definition) is 3. The van der Waals surface area contributed by atoms with Crippen molar-refractivity contribution in [1.82, 2.24) is 10.2 Å². The van der Waals surface area contributed by atoms with Crippen molar-refractivity contribution in [3.63, 3.8) is 0 Å². The number of hydrogen-bond donors (Lipinski definition) is 3. The van der Waals surface area contributed by atoms with Crippen molar-refractivity contribution >= 4 is 12.0 Å². The number of urea groups is 1. The molecule has 6 heteroatoms. The molecule has 0 unspecified atom stereocenters. The Morgan fingerprint density at radius 3 is 2.58 bits per heavy atom. The second kappa shape index (κ2) is 6.75. The van der Waals surface area contributed by atoms with Crippen molar-refractivity contribution in [2.24, 2.45) is 5.41 Å². The molecule has 1 aliphatic rings. The molecule has 110 valence electrons. The second-order valence-electron chi connectivity index (χ2n) is 5.86. The zero-order valence-electron chi connectivity index (χ0n) is 11.7. The molecule has 0 aromatic rings. The van der Waals surface area contributed by atoms with Crippen molar-refractivity contribution < 1.29 is 19.8 Å². The Hall–Kier alpha value is -1.30. The number of aliphatic carboxylic acids is 1. The van der Waals surface area contributed by atoms with E-state index in [2.05, 4.69) is 19.2 Å². The molecule has 1 aliphatic heterocycles. The van der Waals surface area contributed by atoms with Crippen LogP contribution < -0.4 is 5.32 Å². The van der Waals surface area contributed by atoms with Gasteiger partial charge in [-0.25, -0.2) is 9.59 Å². The molecule has 0 aromatic carbocycles. The van der Waals surface area contributed by atoms with Gasteiger partial charge in [0.15, 0.2) is 0 Å². The minimum atomic E-state index is -1.11. The molecule has 19 heavy (non-hydrogen) atoms. The molecule has 1 heterocycles. The summed E-state index contributed by atoms with van der Waals surface area (Å²) in [5.74, 6) is -1.11. The molecular weight excluding hydrogens is 248 g/mol. The quantitative estimate of drug-likeness (QED) is 0.713. The number of carbonyl (C=O) groups excluding carboxylic acids is 1. The Morgan fingerprint density at radius 1 is 1.32 bits per heavy atom. The minimum Gasteiger partial charge on any atom is -0.480 e. The first-order valence-electron chi connectivity index (χ1n) is 6.75. The Bertz CT molecular complexity index is 331. The van der Waals surface area contributed by atoms with Crippen LogP contribution in [-0.2, 0) is 4.79 Å². The maximum absolute atomic E-state index is 12.0. The molecule has 1 rings (SSSR count). The fraction of sp³-hybridized carbons (Fsp3) is 0.846. The summed E-state index contributed by atoms with van der Waals surface area (Å²) in [5.41, 5.74) is 0.228. The summed E-state index contributed by atoms with van der Waals surface area (Å²) >= 11 is 0. The predicted molar refractivity (Wildman–Crippen MR) is 70.9 cm³/mol. The van der Waals surface area contributed by atoms with Gasteiger partial charge in [0.2, 0.25) is 0 Å². The van der Waals surface area contributed by atoms with Crippen molar-refractivity contribution in [1.29, 1.82) is 0 Å². The van der Waals surface area contributed by atoms with Gasteiger partial charge < -0.3 is 20.4 Å². The first-order chi connectivity index (χ1) is 8.85. The first kappa shape index (κ1) is 15.8. The number of aliphatic hydroxyl groups is 1. The lowest BCUT2D eigenvalue weighted by Gasteiger charge is -2.25. The van der Waals surface area contributed by atoms with E-state index in [4.69, 9.17) is 10.2 Å². The van der Waals surface area contributed by atoms with E-state index in [-0.39, 0.29) is 24.5 Å². The lowest BCUT2D eigenvalue weighted by atomic mass is 9.85. The van der Waals surface area contributed by atoms with Crippen LogP contribution in [0.15, 0.2) is 0 Å². The van der Waals surface area contributed by atoms with Crippen LogP contribution in [0.5, 0.6) is 0 Å². The van der Waals surface area contributed by atoms with Crippen LogP contribution in [0.2, 0.25) is 0 Å². The van der Waals surface area contributed by atoms with Crippen molar-refractivity contribution in [3.05, 3.63) is 0 Å². The standard InChI is InChI=1S/C13H24N2O4/c1-13(2)5-3-7-15(8-6-13)12(19)14-10(4-9-16)11(17)18/h10,16H,3-9H2,1-2H3,(H,14,19)(H,17,18)/t10-/m0/s1. The minimum absolute atomic E-state index is 0.0282. The highest BCUT2D eigenvalue weighted by Gasteiger charge is 2.27. The summed E-state index contributed by atoms with van der Waals surface area (Å²) in [6, 6.07) is -1.37. The number of nitrogens with one attached hydrogen (secondary N) is 1. The van der Waals surface area contributed by atoms with Crippen LogP contribution in [0, 0.1) is 5.41 Å². The molecule has 0 radical (unpaired) electrons. The smallest absolute Gasteiger partial charge is 0.326 e. The highest BCUT2D eigenvalue weighted by Crippen LogP contribution is 2.29. The topological polar surface area (TPSA) is 89.9 Å². The van der Waals surface area contributed by atoms with E-state index in [0.717, 1.165) is 19.3 Å². The maximum Gasteiger partial charge on any atom is 0.326 e. The molecule has 3 N–H and O–H groups in total. The highest BCUT2D eigenvalue weighted by molar-refractivity contribution is 5.82. The highest BCUT2D eigenvalue weighted by atomic mass is 16.4. The van der Waals surface area contributed by atoms with Gasteiger partial charge in [-0.3, -0.25) is 0 Å². The number of carboxylic acid groups (broad SMARTS) is 1. The van der Waals surface area contributed by atoms with Gasteiger partial charge in [-0.1, -0.05) is 13.8 Å². The molecule has 0 aromatic heterocycles. The Balaban J connectivity index is 2.54. The van der Waals surface area contributed by atoms with E-state index in [0.29, 0.717) is 13.1 Å². The predicted octanol–water partition coefficient (Wildman–Crippen LogP) is 1.04. The number of rotatable bonds is 4. The zero-order valence-corrected chi connectivity index (χ0v) is 11.7. The van der Waals surface area contributed by atoms with Crippen LogP contribution >= 0.6 is 0 Å². The third-order valence-electron chi connectivity index (χ3n) is 3.64. The van der Waals surface area contributed by atoms with Gasteiger partial charge in [0.05, 0.1) is 0 Å². The van der Waals surface area contributed by atoms with E-state index in [9.17, 15) is 9.59 Å². The number of carbonyl (C=O) groups is 2. The summed E-state index contributed by atoms with van der Waals surface area (Å²) in [6.07, 6.45) is 2.94. The fourth-order valence-electron chi connectivity index (χ4n) is 2.25. The van der Waals surface area contributed by atoms with Crippen molar-refractivity contribution in [2.75, 3.05) is 19.7 Å².